The first-order valence-electron chi connectivity index (χ1n) is 13.2. The zero-order valence-corrected chi connectivity index (χ0v) is 23.3. The van der Waals surface area contributed by atoms with E-state index in [0.717, 1.165) is 52.3 Å². The molecule has 3 aromatic carbocycles. The molecule has 0 radical (unpaired) electrons. The van der Waals surface area contributed by atoms with Crippen molar-refractivity contribution in [1.29, 1.82) is 0 Å². The summed E-state index contributed by atoms with van der Waals surface area (Å²) < 4.78 is 11.4. The average Bonchev–Trinajstić information content (AvgIpc) is 2.90. The highest BCUT2D eigenvalue weighted by Crippen LogP contribution is 2.33. The van der Waals surface area contributed by atoms with Crippen LogP contribution in [-0.2, 0) is 23.3 Å². The van der Waals surface area contributed by atoms with Crippen LogP contribution in [0.2, 0.25) is 0 Å². The minimum atomic E-state index is -0.0412. The Morgan fingerprint density at radius 2 is 1.76 bits per heavy atom. The second-order valence-electron chi connectivity index (χ2n) is 10.7. The van der Waals surface area contributed by atoms with Gasteiger partial charge in [0.15, 0.2) is 0 Å². The quantitative estimate of drug-likeness (QED) is 0.268. The Morgan fingerprint density at radius 1 is 1.00 bits per heavy atom. The van der Waals surface area contributed by atoms with Crippen molar-refractivity contribution < 1.29 is 14.6 Å². The van der Waals surface area contributed by atoms with Crippen LogP contribution in [0, 0.1) is 5.92 Å². The van der Waals surface area contributed by atoms with Crippen LogP contribution < -0.4 is 10.1 Å². The Balaban J connectivity index is 1.96. The summed E-state index contributed by atoms with van der Waals surface area (Å²) in [5, 5.41) is 13.6. The van der Waals surface area contributed by atoms with Gasteiger partial charge in [0.2, 0.25) is 0 Å². The van der Waals surface area contributed by atoms with Crippen molar-refractivity contribution in [1.82, 2.24) is 0 Å². The molecular weight excluding hydrogens is 458 g/mol. The van der Waals surface area contributed by atoms with Gasteiger partial charge < -0.3 is 19.9 Å². The van der Waals surface area contributed by atoms with E-state index in [1.807, 2.05) is 24.3 Å². The molecule has 0 aliphatic carbocycles. The molecule has 37 heavy (non-hydrogen) atoms. The largest absolute Gasteiger partial charge is 0.497 e. The van der Waals surface area contributed by atoms with Crippen molar-refractivity contribution >= 4 is 11.3 Å². The summed E-state index contributed by atoms with van der Waals surface area (Å²) in [7, 11) is 1.68. The van der Waals surface area contributed by atoms with Crippen LogP contribution in [0.4, 0.5) is 5.69 Å². The molecule has 2 N–H and O–H groups in total. The molecule has 1 unspecified atom stereocenters. The van der Waals surface area contributed by atoms with E-state index in [9.17, 15) is 5.11 Å². The van der Waals surface area contributed by atoms with Gasteiger partial charge in [-0.25, -0.2) is 0 Å². The van der Waals surface area contributed by atoms with Crippen molar-refractivity contribution in [2.24, 2.45) is 5.92 Å². The first-order chi connectivity index (χ1) is 17.7. The maximum Gasteiger partial charge on any atom is 0.119 e. The number of aliphatic hydroxyl groups excluding tert-OH is 1. The van der Waals surface area contributed by atoms with Crippen LogP contribution in [0.15, 0.2) is 72.8 Å². The lowest BCUT2D eigenvalue weighted by Gasteiger charge is -2.21. The Bertz CT molecular complexity index is 1160. The van der Waals surface area contributed by atoms with Crippen molar-refractivity contribution in [2.45, 2.75) is 59.6 Å². The molecule has 0 saturated carbocycles. The number of rotatable bonds is 12. The van der Waals surface area contributed by atoms with Gasteiger partial charge in [0, 0.05) is 24.4 Å². The molecule has 0 fully saturated rings. The molecule has 4 nitrogen and oxygen atoms in total. The van der Waals surface area contributed by atoms with E-state index in [4.69, 9.17) is 9.47 Å². The first-order valence-corrected chi connectivity index (χ1v) is 13.2. The van der Waals surface area contributed by atoms with Gasteiger partial charge in [-0.1, -0.05) is 89.6 Å². The highest BCUT2D eigenvalue weighted by Gasteiger charge is 2.16. The second-order valence-corrected chi connectivity index (χ2v) is 10.7. The number of nitrogens with one attached hydrogen (secondary N) is 1. The van der Waals surface area contributed by atoms with Gasteiger partial charge in [-0.3, -0.25) is 0 Å². The highest BCUT2D eigenvalue weighted by atomic mass is 16.5. The smallest absolute Gasteiger partial charge is 0.119 e. The summed E-state index contributed by atoms with van der Waals surface area (Å²) in [5.74, 6) is 1.38. The van der Waals surface area contributed by atoms with Gasteiger partial charge in [-0.05, 0) is 63.4 Å². The van der Waals surface area contributed by atoms with Crippen molar-refractivity contribution in [2.75, 3.05) is 25.6 Å². The molecule has 198 valence electrons. The molecule has 0 spiro atoms. The lowest BCUT2D eigenvalue weighted by Crippen LogP contribution is -2.10. The molecule has 0 amide bonds. The average molecular weight is 502 g/mol. The molecule has 0 aromatic heterocycles. The monoisotopic (exact) mass is 501 g/mol. The van der Waals surface area contributed by atoms with Crippen LogP contribution >= 0.6 is 0 Å². The third kappa shape index (κ3) is 8.21. The number of anilines is 1. The Morgan fingerprint density at radius 3 is 2.41 bits per heavy atom. The highest BCUT2D eigenvalue weighted by molar-refractivity contribution is 5.86. The van der Waals surface area contributed by atoms with Gasteiger partial charge in [0.25, 0.3) is 0 Å². The number of ether oxygens (including phenoxy) is 2. The number of aliphatic hydroxyl groups is 1. The summed E-state index contributed by atoms with van der Waals surface area (Å²) in [6.45, 7) is 13.0. The van der Waals surface area contributed by atoms with Crippen LogP contribution in [0.25, 0.3) is 5.57 Å². The lowest BCUT2D eigenvalue weighted by molar-refractivity contribution is 0.0910. The molecule has 3 aromatic rings. The van der Waals surface area contributed by atoms with Gasteiger partial charge in [-0.2, -0.15) is 0 Å². The molecule has 0 saturated heterocycles. The van der Waals surface area contributed by atoms with Gasteiger partial charge in [0.05, 0.1) is 20.3 Å². The molecule has 0 bridgehead atoms. The first kappa shape index (κ1) is 28.5. The number of benzene rings is 3. The summed E-state index contributed by atoms with van der Waals surface area (Å²) in [5.41, 5.74) is 7.73. The van der Waals surface area contributed by atoms with Crippen LogP contribution in [0.1, 0.15) is 68.9 Å². The van der Waals surface area contributed by atoms with E-state index in [0.29, 0.717) is 19.1 Å². The maximum atomic E-state index is 9.96. The zero-order valence-electron chi connectivity index (χ0n) is 23.3. The molecule has 4 heteroatoms. The van der Waals surface area contributed by atoms with Crippen LogP contribution in [0.3, 0.4) is 0 Å². The second kappa shape index (κ2) is 13.5. The summed E-state index contributed by atoms with van der Waals surface area (Å²) in [6, 6.07) is 23.2. The van der Waals surface area contributed by atoms with E-state index in [2.05, 4.69) is 88.5 Å². The van der Waals surface area contributed by atoms with Gasteiger partial charge >= 0.3 is 0 Å². The predicted octanol–water partition coefficient (Wildman–Crippen LogP) is 7.59. The van der Waals surface area contributed by atoms with Crippen molar-refractivity contribution in [3.05, 3.63) is 101 Å². The van der Waals surface area contributed by atoms with Gasteiger partial charge in [0.1, 0.15) is 5.75 Å². The fraction of sp³-hybridized carbons (Fsp3) is 0.394. The van der Waals surface area contributed by atoms with Crippen molar-refractivity contribution in [3.63, 3.8) is 0 Å². The molecule has 0 aliphatic rings. The van der Waals surface area contributed by atoms with E-state index in [-0.39, 0.29) is 12.0 Å². The SMILES string of the molecule is CCC(C)COCc1ccc(NCc2cccc(OC)c2)c(/C(=C/CO)c2ccc(C(C)(C)C)cc2)c1. The lowest BCUT2D eigenvalue weighted by atomic mass is 9.85. The standard InChI is InChI=1S/C33H43NO3/c1-7-24(2)22-37-23-26-11-16-32(34-21-25-9-8-10-29(19-25)36-6)31(20-26)30(17-18-35)27-12-14-28(15-13-27)33(3,4)5/h8-17,19-20,24,34-35H,7,18,21-23H2,1-6H3/b30-17+. The number of hydrogen-bond acceptors (Lipinski definition) is 4. The van der Waals surface area contributed by atoms with Crippen LogP contribution in [0.5, 0.6) is 5.75 Å². The van der Waals surface area contributed by atoms with E-state index in [1.165, 1.54) is 5.56 Å². The molecule has 0 heterocycles. The topological polar surface area (TPSA) is 50.7 Å². The number of methoxy groups -OCH3 is 1. The van der Waals surface area contributed by atoms with E-state index < -0.39 is 0 Å². The fourth-order valence-electron chi connectivity index (χ4n) is 4.16. The third-order valence-corrected chi connectivity index (χ3v) is 6.72. The Kier molecular flexibility index (Phi) is 10.4. The normalized spacial score (nSPS) is 12.9. The third-order valence-electron chi connectivity index (χ3n) is 6.72. The van der Waals surface area contributed by atoms with Gasteiger partial charge in [-0.15, -0.1) is 0 Å². The molecular formula is C33H43NO3. The van der Waals surface area contributed by atoms with Crippen LogP contribution in [-0.4, -0.2) is 25.4 Å². The van der Waals surface area contributed by atoms with Crippen molar-refractivity contribution in [3.8, 4) is 5.75 Å². The Labute approximate surface area is 223 Å². The summed E-state index contributed by atoms with van der Waals surface area (Å²) in [4.78, 5) is 0. The van der Waals surface area contributed by atoms with E-state index in [1.54, 1.807) is 7.11 Å². The summed E-state index contributed by atoms with van der Waals surface area (Å²) in [6.07, 6.45) is 2.99. The van der Waals surface area contributed by atoms with E-state index >= 15 is 0 Å². The molecule has 0 aliphatic heterocycles. The summed E-state index contributed by atoms with van der Waals surface area (Å²) >= 11 is 0. The molecule has 3 rings (SSSR count). The maximum absolute atomic E-state index is 9.96. The fourth-order valence-corrected chi connectivity index (χ4v) is 4.16. The minimum absolute atomic E-state index is 0.0412. The Hall–Kier alpha value is -3.08. The number of hydrogen-bond donors (Lipinski definition) is 2. The zero-order chi connectivity index (χ0) is 26.8. The predicted molar refractivity (Wildman–Crippen MR) is 155 cm³/mol. The minimum Gasteiger partial charge on any atom is -0.497 e. The molecule has 1 atom stereocenters.